The summed E-state index contributed by atoms with van der Waals surface area (Å²) < 4.78 is 37.6. The molecule has 0 atom stereocenters. The molecule has 23 heavy (non-hydrogen) atoms. The fraction of sp³-hybridized carbons (Fsp3) is 0.467. The Kier molecular flexibility index (Phi) is 5.56. The summed E-state index contributed by atoms with van der Waals surface area (Å²) in [6.07, 6.45) is 1.67. The fourth-order valence-corrected chi connectivity index (χ4v) is 3.25. The second-order valence-electron chi connectivity index (χ2n) is 5.42. The van der Waals surface area contributed by atoms with Gasteiger partial charge in [0.05, 0.1) is 11.6 Å². The van der Waals surface area contributed by atoms with Crippen molar-refractivity contribution in [2.45, 2.75) is 36.1 Å². The molecule has 0 aliphatic heterocycles. The van der Waals surface area contributed by atoms with Crippen molar-refractivity contribution < 1.29 is 27.9 Å². The number of rotatable bonds is 4. The third-order valence-electron chi connectivity index (χ3n) is 3.82. The van der Waals surface area contributed by atoms with Crippen molar-refractivity contribution in [3.05, 3.63) is 24.3 Å². The van der Waals surface area contributed by atoms with Crippen LogP contribution in [0.25, 0.3) is 0 Å². The van der Waals surface area contributed by atoms with Gasteiger partial charge in [0.25, 0.3) is 0 Å². The molecule has 0 radical (unpaired) electrons. The molecule has 0 saturated heterocycles. The van der Waals surface area contributed by atoms with Crippen molar-refractivity contribution >= 4 is 29.3 Å². The second-order valence-corrected chi connectivity index (χ2v) is 6.53. The normalized spacial score (nSPS) is 21.7. The van der Waals surface area contributed by atoms with Gasteiger partial charge in [-0.3, -0.25) is 9.59 Å². The minimum absolute atomic E-state index is 0.0624. The van der Waals surface area contributed by atoms with Gasteiger partial charge in [-0.15, -0.1) is 0 Å². The lowest BCUT2D eigenvalue weighted by atomic mass is 9.81. The van der Waals surface area contributed by atoms with Gasteiger partial charge in [0.15, 0.2) is 0 Å². The van der Waals surface area contributed by atoms with Crippen LogP contribution >= 0.6 is 11.8 Å². The Morgan fingerprint density at radius 3 is 2.22 bits per heavy atom. The highest BCUT2D eigenvalue weighted by molar-refractivity contribution is 8.00. The maximum atomic E-state index is 12.5. The number of carbonyl (C=O) groups excluding carboxylic acids is 1. The summed E-state index contributed by atoms with van der Waals surface area (Å²) in [4.78, 5) is 23.0. The lowest BCUT2D eigenvalue weighted by Crippen LogP contribution is -2.29. The van der Waals surface area contributed by atoms with Crippen LogP contribution in [0.3, 0.4) is 0 Å². The summed E-state index contributed by atoms with van der Waals surface area (Å²) in [5, 5.41) is 11.5. The fourth-order valence-electron chi connectivity index (χ4n) is 2.62. The maximum Gasteiger partial charge on any atom is 0.446 e. The molecule has 0 bridgehead atoms. The molecule has 8 heteroatoms. The van der Waals surface area contributed by atoms with Gasteiger partial charge < -0.3 is 10.4 Å². The van der Waals surface area contributed by atoms with Crippen LogP contribution < -0.4 is 5.32 Å². The maximum absolute atomic E-state index is 12.5. The van der Waals surface area contributed by atoms with Gasteiger partial charge >= 0.3 is 11.5 Å². The summed E-state index contributed by atoms with van der Waals surface area (Å²) in [6.45, 7) is 0. The number of halogens is 3. The van der Waals surface area contributed by atoms with E-state index in [-0.39, 0.29) is 34.2 Å². The second kappa shape index (κ2) is 7.25. The molecule has 1 aliphatic carbocycles. The number of hydrogen-bond donors (Lipinski definition) is 2. The first-order valence-electron chi connectivity index (χ1n) is 7.14. The number of nitrogens with one attached hydrogen (secondary N) is 1. The first-order chi connectivity index (χ1) is 10.8. The Hall–Kier alpha value is -1.70. The molecule has 1 aromatic rings. The Balaban J connectivity index is 2.00. The van der Waals surface area contributed by atoms with Gasteiger partial charge in [0.2, 0.25) is 5.91 Å². The smallest absolute Gasteiger partial charge is 0.446 e. The largest absolute Gasteiger partial charge is 0.481 e. The van der Waals surface area contributed by atoms with Gasteiger partial charge in [-0.05, 0) is 49.6 Å². The highest BCUT2D eigenvalue weighted by Crippen LogP contribution is 2.40. The van der Waals surface area contributed by atoms with Crippen LogP contribution in [-0.4, -0.2) is 22.5 Å². The number of para-hydroxylation sites is 1. The van der Waals surface area contributed by atoms with E-state index in [9.17, 15) is 22.8 Å². The van der Waals surface area contributed by atoms with Crippen LogP contribution in [0.15, 0.2) is 29.2 Å². The highest BCUT2D eigenvalue weighted by Gasteiger charge is 2.32. The van der Waals surface area contributed by atoms with E-state index in [0.717, 1.165) is 0 Å². The molecule has 4 nitrogen and oxygen atoms in total. The van der Waals surface area contributed by atoms with E-state index in [0.29, 0.717) is 25.7 Å². The third-order valence-corrected chi connectivity index (χ3v) is 4.63. The topological polar surface area (TPSA) is 66.4 Å². The van der Waals surface area contributed by atoms with E-state index >= 15 is 0 Å². The van der Waals surface area contributed by atoms with Gasteiger partial charge in [0, 0.05) is 10.8 Å². The minimum atomic E-state index is -4.43. The highest BCUT2D eigenvalue weighted by atomic mass is 32.2. The third kappa shape index (κ3) is 5.16. The van der Waals surface area contributed by atoms with Gasteiger partial charge in [-0.25, -0.2) is 0 Å². The zero-order chi connectivity index (χ0) is 17.0. The molecular weight excluding hydrogens is 331 g/mol. The molecule has 2 N–H and O–H groups in total. The number of alkyl halides is 3. The van der Waals surface area contributed by atoms with Crippen LogP contribution in [-0.2, 0) is 9.59 Å². The van der Waals surface area contributed by atoms with Crippen molar-refractivity contribution in [3.63, 3.8) is 0 Å². The van der Waals surface area contributed by atoms with E-state index in [4.69, 9.17) is 5.11 Å². The molecule has 0 spiro atoms. The monoisotopic (exact) mass is 347 g/mol. The molecule has 1 amide bonds. The number of carboxylic acid groups (broad SMARTS) is 1. The predicted octanol–water partition coefficient (Wildman–Crippen LogP) is 4.13. The molecule has 1 aliphatic rings. The van der Waals surface area contributed by atoms with Crippen LogP contribution in [0.4, 0.5) is 18.9 Å². The Bertz CT molecular complexity index is 584. The number of hydrogen-bond acceptors (Lipinski definition) is 3. The van der Waals surface area contributed by atoms with Gasteiger partial charge in [0.1, 0.15) is 0 Å². The average molecular weight is 347 g/mol. The molecule has 126 valence electrons. The average Bonchev–Trinajstić information content (AvgIpc) is 2.48. The number of amides is 1. The first-order valence-corrected chi connectivity index (χ1v) is 7.96. The zero-order valence-electron chi connectivity index (χ0n) is 12.1. The van der Waals surface area contributed by atoms with Gasteiger partial charge in [-0.2, -0.15) is 13.2 Å². The molecule has 1 aromatic carbocycles. The molecule has 0 unspecified atom stereocenters. The first kappa shape index (κ1) is 17.7. The number of carboxylic acids is 1. The van der Waals surface area contributed by atoms with E-state index in [1.54, 1.807) is 6.07 Å². The van der Waals surface area contributed by atoms with E-state index in [1.165, 1.54) is 18.2 Å². The molecule has 2 rings (SSSR count). The Labute approximate surface area is 135 Å². The van der Waals surface area contributed by atoms with Crippen molar-refractivity contribution in [1.82, 2.24) is 0 Å². The van der Waals surface area contributed by atoms with Crippen LogP contribution in [0.5, 0.6) is 0 Å². The lowest BCUT2D eigenvalue weighted by molar-refractivity contribution is -0.143. The summed E-state index contributed by atoms with van der Waals surface area (Å²) in [5.74, 6) is -2.03. The van der Waals surface area contributed by atoms with Crippen molar-refractivity contribution in [2.24, 2.45) is 11.8 Å². The summed E-state index contributed by atoms with van der Waals surface area (Å²) in [7, 11) is 0. The molecular formula is C15H16F3NO3S. The van der Waals surface area contributed by atoms with Crippen LogP contribution in [0, 0.1) is 11.8 Å². The summed E-state index contributed by atoms with van der Waals surface area (Å²) >= 11 is -0.272. The Morgan fingerprint density at radius 2 is 1.65 bits per heavy atom. The molecule has 0 aromatic heterocycles. The van der Waals surface area contributed by atoms with Crippen molar-refractivity contribution in [1.29, 1.82) is 0 Å². The van der Waals surface area contributed by atoms with Crippen LogP contribution in [0.2, 0.25) is 0 Å². The lowest BCUT2D eigenvalue weighted by Gasteiger charge is -2.25. The quantitative estimate of drug-likeness (QED) is 0.804. The van der Waals surface area contributed by atoms with E-state index in [1.807, 2.05) is 0 Å². The van der Waals surface area contributed by atoms with Crippen molar-refractivity contribution in [3.8, 4) is 0 Å². The molecule has 1 fully saturated rings. The number of benzene rings is 1. The predicted molar refractivity (Wildman–Crippen MR) is 80.1 cm³/mol. The van der Waals surface area contributed by atoms with Crippen molar-refractivity contribution in [2.75, 3.05) is 5.32 Å². The number of anilines is 1. The number of aliphatic carboxylic acids is 1. The Morgan fingerprint density at radius 1 is 1.09 bits per heavy atom. The molecule has 1 saturated carbocycles. The SMILES string of the molecule is O=C(O)C1CCC(C(=O)Nc2ccccc2SC(F)(F)F)CC1. The minimum Gasteiger partial charge on any atom is -0.481 e. The summed E-state index contributed by atoms with van der Waals surface area (Å²) in [6, 6.07) is 5.75. The van der Waals surface area contributed by atoms with Gasteiger partial charge in [-0.1, -0.05) is 12.1 Å². The zero-order valence-corrected chi connectivity index (χ0v) is 12.9. The van der Waals surface area contributed by atoms with E-state index in [2.05, 4.69) is 5.32 Å². The van der Waals surface area contributed by atoms with E-state index < -0.39 is 17.4 Å². The van der Waals surface area contributed by atoms with Crippen LogP contribution in [0.1, 0.15) is 25.7 Å². The standard InChI is InChI=1S/C15H16F3NO3S/c16-15(17,18)23-12-4-2-1-3-11(12)19-13(20)9-5-7-10(8-6-9)14(21)22/h1-4,9-10H,5-8H2,(H,19,20)(H,21,22). The summed E-state index contributed by atoms with van der Waals surface area (Å²) in [5.41, 5.74) is -4.31. The molecule has 0 heterocycles. The number of carbonyl (C=O) groups is 2. The number of thioether (sulfide) groups is 1.